The highest BCUT2D eigenvalue weighted by molar-refractivity contribution is 7.91. The minimum Gasteiger partial charge on any atom is -0.419 e. The van der Waals surface area contributed by atoms with Crippen LogP contribution in [0.2, 0.25) is 10.0 Å². The highest BCUT2D eigenvalue weighted by Crippen LogP contribution is 2.37. The number of oxazole rings is 1. The van der Waals surface area contributed by atoms with Crippen molar-refractivity contribution in [3.05, 3.63) is 58.3 Å². The van der Waals surface area contributed by atoms with Gasteiger partial charge in [-0.2, -0.15) is 4.98 Å². The van der Waals surface area contributed by atoms with Crippen LogP contribution in [0.5, 0.6) is 0 Å². The van der Waals surface area contributed by atoms with Crippen LogP contribution in [0.3, 0.4) is 0 Å². The van der Waals surface area contributed by atoms with E-state index in [0.29, 0.717) is 36.9 Å². The summed E-state index contributed by atoms with van der Waals surface area (Å²) in [6.07, 6.45) is 0. The normalized spacial score (nSPS) is 14.9. The summed E-state index contributed by atoms with van der Waals surface area (Å²) in [7, 11) is -4.07. The molecule has 29 heavy (non-hydrogen) atoms. The fourth-order valence-corrected chi connectivity index (χ4v) is 4.75. The van der Waals surface area contributed by atoms with E-state index in [9.17, 15) is 12.8 Å². The Hall–Kier alpha value is -2.13. The van der Waals surface area contributed by atoms with Crippen LogP contribution in [0, 0.1) is 5.82 Å². The highest BCUT2D eigenvalue weighted by atomic mass is 35.5. The van der Waals surface area contributed by atoms with Crippen LogP contribution < -0.4 is 4.90 Å². The van der Waals surface area contributed by atoms with Crippen molar-refractivity contribution in [2.75, 3.05) is 31.2 Å². The van der Waals surface area contributed by atoms with Crippen LogP contribution in [-0.2, 0) is 14.6 Å². The molecule has 2 heterocycles. The third-order valence-electron chi connectivity index (χ3n) is 4.42. The first-order valence-corrected chi connectivity index (χ1v) is 10.9. The summed E-state index contributed by atoms with van der Waals surface area (Å²) in [5, 5.41) is 0.447. The first-order chi connectivity index (χ1) is 13.9. The summed E-state index contributed by atoms with van der Waals surface area (Å²) in [5.41, 5.74) is 0.408. The van der Waals surface area contributed by atoms with Crippen molar-refractivity contribution < 1.29 is 22.0 Å². The van der Waals surface area contributed by atoms with E-state index in [1.54, 1.807) is 17.0 Å². The van der Waals surface area contributed by atoms with Crippen molar-refractivity contribution in [3.8, 4) is 11.5 Å². The minimum atomic E-state index is -4.07. The van der Waals surface area contributed by atoms with E-state index in [2.05, 4.69) is 4.98 Å². The molecule has 1 saturated heterocycles. The van der Waals surface area contributed by atoms with Crippen LogP contribution in [0.4, 0.5) is 10.3 Å². The van der Waals surface area contributed by atoms with Crippen molar-refractivity contribution in [2.24, 2.45) is 0 Å². The van der Waals surface area contributed by atoms with Gasteiger partial charge in [-0.25, -0.2) is 12.8 Å². The number of sulfone groups is 1. The molecule has 3 aromatic rings. The van der Waals surface area contributed by atoms with Gasteiger partial charge in [0.2, 0.25) is 26.6 Å². The number of ether oxygens (including phenoxy) is 1. The topological polar surface area (TPSA) is 72.6 Å². The molecule has 0 N–H and O–H groups in total. The lowest BCUT2D eigenvalue weighted by atomic mass is 10.2. The number of aromatic nitrogens is 1. The number of hydrogen-bond donors (Lipinski definition) is 0. The van der Waals surface area contributed by atoms with Crippen molar-refractivity contribution in [2.45, 2.75) is 9.92 Å². The number of rotatable bonds is 4. The smallest absolute Gasteiger partial charge is 0.236 e. The fraction of sp³-hybridized carbons (Fsp3) is 0.211. The summed E-state index contributed by atoms with van der Waals surface area (Å²) < 4.78 is 51.0. The lowest BCUT2D eigenvalue weighted by Gasteiger charge is -2.26. The minimum absolute atomic E-state index is 0.0499. The van der Waals surface area contributed by atoms with Crippen LogP contribution >= 0.6 is 23.2 Å². The lowest BCUT2D eigenvalue weighted by molar-refractivity contribution is 0.120. The molecule has 1 aliphatic heterocycles. The number of halogens is 3. The van der Waals surface area contributed by atoms with E-state index >= 15 is 0 Å². The standard InChI is InChI=1S/C19H15Cl2FN2O4S/c20-12-1-6-15(16(21)11-12)17-23-18(19(28-17)24-7-9-27-10-8-24)29(25,26)14-4-2-13(22)3-5-14/h1-6,11H,7-10H2. The fourth-order valence-electron chi connectivity index (χ4n) is 2.94. The molecule has 0 saturated carbocycles. The summed E-state index contributed by atoms with van der Waals surface area (Å²) in [6, 6.07) is 9.28. The van der Waals surface area contributed by atoms with Gasteiger partial charge in [0.15, 0.2) is 0 Å². The van der Waals surface area contributed by atoms with Crippen LogP contribution in [0.25, 0.3) is 11.5 Å². The second-order valence-corrected chi connectivity index (χ2v) is 9.02. The Bertz CT molecular complexity index is 1140. The van der Waals surface area contributed by atoms with E-state index in [0.717, 1.165) is 12.1 Å². The monoisotopic (exact) mass is 456 g/mol. The molecule has 0 aliphatic carbocycles. The molecule has 0 unspecified atom stereocenters. The first kappa shape index (κ1) is 20.2. The molecule has 0 atom stereocenters. The molecule has 1 fully saturated rings. The second-order valence-electron chi connectivity index (χ2n) is 6.31. The molecule has 0 radical (unpaired) electrons. The van der Waals surface area contributed by atoms with Gasteiger partial charge in [0, 0.05) is 18.1 Å². The molecule has 2 aromatic carbocycles. The molecular weight excluding hydrogens is 442 g/mol. The van der Waals surface area contributed by atoms with Crippen LogP contribution in [0.15, 0.2) is 56.8 Å². The predicted molar refractivity (Wildman–Crippen MR) is 107 cm³/mol. The Morgan fingerprint density at radius 3 is 2.38 bits per heavy atom. The van der Waals surface area contributed by atoms with Gasteiger partial charge in [-0.3, -0.25) is 0 Å². The van der Waals surface area contributed by atoms with Crippen molar-refractivity contribution in [3.63, 3.8) is 0 Å². The van der Waals surface area contributed by atoms with Crippen LogP contribution in [0.1, 0.15) is 0 Å². The molecule has 4 rings (SSSR count). The van der Waals surface area contributed by atoms with E-state index < -0.39 is 15.7 Å². The Labute approximate surface area is 176 Å². The van der Waals surface area contributed by atoms with Crippen LogP contribution in [-0.4, -0.2) is 39.7 Å². The lowest BCUT2D eigenvalue weighted by Crippen LogP contribution is -2.36. The van der Waals surface area contributed by atoms with E-state index in [4.69, 9.17) is 32.4 Å². The average molecular weight is 457 g/mol. The number of morpholine rings is 1. The van der Waals surface area contributed by atoms with E-state index in [1.165, 1.54) is 18.2 Å². The second kappa shape index (κ2) is 7.95. The molecule has 0 amide bonds. The molecule has 0 bridgehead atoms. The predicted octanol–water partition coefficient (Wildman–Crippen LogP) is 4.46. The third-order valence-corrected chi connectivity index (χ3v) is 6.63. The maximum absolute atomic E-state index is 13.3. The number of nitrogens with zero attached hydrogens (tertiary/aromatic N) is 2. The average Bonchev–Trinajstić information content (AvgIpc) is 3.15. The molecule has 10 heteroatoms. The summed E-state index contributed by atoms with van der Waals surface area (Å²) in [6.45, 7) is 1.73. The summed E-state index contributed by atoms with van der Waals surface area (Å²) in [4.78, 5) is 5.92. The number of benzene rings is 2. The molecular formula is C19H15Cl2FN2O4S. The maximum atomic E-state index is 13.3. The molecule has 0 spiro atoms. The Morgan fingerprint density at radius 2 is 1.72 bits per heavy atom. The molecule has 1 aromatic heterocycles. The highest BCUT2D eigenvalue weighted by Gasteiger charge is 2.32. The van der Waals surface area contributed by atoms with Crippen molar-refractivity contribution in [1.29, 1.82) is 0 Å². The summed E-state index contributed by atoms with van der Waals surface area (Å²) >= 11 is 12.2. The van der Waals surface area contributed by atoms with Gasteiger partial charge in [0.1, 0.15) is 5.82 Å². The van der Waals surface area contributed by atoms with Crippen molar-refractivity contribution >= 4 is 38.9 Å². The molecule has 152 valence electrons. The van der Waals surface area contributed by atoms with Gasteiger partial charge in [0.05, 0.1) is 28.7 Å². The van der Waals surface area contributed by atoms with Gasteiger partial charge in [-0.1, -0.05) is 23.2 Å². The number of anilines is 1. The zero-order chi connectivity index (χ0) is 20.6. The maximum Gasteiger partial charge on any atom is 0.236 e. The zero-order valence-electron chi connectivity index (χ0n) is 14.9. The Morgan fingerprint density at radius 1 is 1.03 bits per heavy atom. The molecule has 1 aliphatic rings. The first-order valence-electron chi connectivity index (χ1n) is 8.66. The van der Waals surface area contributed by atoms with Gasteiger partial charge in [-0.15, -0.1) is 0 Å². The SMILES string of the molecule is O=S(=O)(c1ccc(F)cc1)c1nc(-c2ccc(Cl)cc2Cl)oc1N1CCOCC1. The Balaban J connectivity index is 1.87. The summed E-state index contributed by atoms with van der Waals surface area (Å²) in [5.74, 6) is -0.390. The van der Waals surface area contributed by atoms with E-state index in [-0.39, 0.29) is 26.7 Å². The Kier molecular flexibility index (Phi) is 5.52. The molecule has 6 nitrogen and oxygen atoms in total. The largest absolute Gasteiger partial charge is 0.419 e. The van der Waals surface area contributed by atoms with Gasteiger partial charge >= 0.3 is 0 Å². The zero-order valence-corrected chi connectivity index (χ0v) is 17.3. The van der Waals surface area contributed by atoms with Crippen molar-refractivity contribution in [1.82, 2.24) is 4.98 Å². The van der Waals surface area contributed by atoms with E-state index in [1.807, 2.05) is 0 Å². The van der Waals surface area contributed by atoms with Gasteiger partial charge in [0.25, 0.3) is 0 Å². The van der Waals surface area contributed by atoms with Gasteiger partial charge < -0.3 is 14.1 Å². The number of hydrogen-bond acceptors (Lipinski definition) is 6. The quantitative estimate of drug-likeness (QED) is 0.539. The van der Waals surface area contributed by atoms with Gasteiger partial charge in [-0.05, 0) is 42.5 Å². The third kappa shape index (κ3) is 3.98.